The molecule has 0 unspecified atom stereocenters. The van der Waals surface area contributed by atoms with E-state index in [2.05, 4.69) is 31.9 Å². The van der Waals surface area contributed by atoms with Gasteiger partial charge in [-0.15, -0.1) is 0 Å². The maximum Gasteiger partial charge on any atom is 0.419 e. The van der Waals surface area contributed by atoms with E-state index in [4.69, 9.17) is 14.2 Å². The number of carbonyl (C=O) groups excluding carboxylic acids is 3. The average Bonchev–Trinajstić information content (AvgIpc) is 3.37. The number of rotatable bonds is 7. The first-order valence-electron chi connectivity index (χ1n) is 14.0. The van der Waals surface area contributed by atoms with E-state index in [1.54, 1.807) is 58.6 Å². The third-order valence-electron chi connectivity index (χ3n) is 6.75. The highest BCUT2D eigenvalue weighted by Crippen LogP contribution is 2.36. The monoisotopic (exact) mass is 733 g/mol. The summed E-state index contributed by atoms with van der Waals surface area (Å²) in [6.07, 6.45) is -1.20. The molecule has 2 aromatic carbocycles. The molecule has 12 heteroatoms. The van der Waals surface area contributed by atoms with Crippen molar-refractivity contribution in [2.45, 2.75) is 71.9 Å². The summed E-state index contributed by atoms with van der Waals surface area (Å²) in [5.74, 6) is -0.681. The zero-order valence-corrected chi connectivity index (χ0v) is 29.0. The fraction of sp³-hybridized carbons (Fsp3) is 0.406. The Labute approximate surface area is 273 Å². The van der Waals surface area contributed by atoms with Crippen LogP contribution in [0, 0.1) is 0 Å². The van der Waals surface area contributed by atoms with Crippen molar-refractivity contribution >= 4 is 71.8 Å². The number of aliphatic hydroxyl groups excluding tert-OH is 1. The zero-order chi connectivity index (χ0) is 32.6. The molecule has 0 fully saturated rings. The van der Waals surface area contributed by atoms with Crippen LogP contribution >= 0.6 is 31.9 Å². The Morgan fingerprint density at radius 3 is 1.50 bits per heavy atom. The molecule has 0 aliphatic carbocycles. The Morgan fingerprint density at radius 1 is 0.773 bits per heavy atom. The first-order chi connectivity index (χ1) is 20.6. The first-order valence-corrected chi connectivity index (χ1v) is 15.6. The largest absolute Gasteiger partial charge is 0.468 e. The number of ether oxygens (including phenoxy) is 3. The molecule has 0 aliphatic heterocycles. The van der Waals surface area contributed by atoms with Crippen molar-refractivity contribution in [2.24, 2.45) is 0 Å². The molecule has 0 saturated carbocycles. The second-order valence-electron chi connectivity index (χ2n) is 12.3. The van der Waals surface area contributed by atoms with E-state index in [1.807, 2.05) is 36.4 Å². The van der Waals surface area contributed by atoms with Crippen LogP contribution in [0.5, 0.6) is 0 Å². The minimum Gasteiger partial charge on any atom is -0.468 e. The summed E-state index contributed by atoms with van der Waals surface area (Å²) < 4.78 is 20.8. The van der Waals surface area contributed by atoms with Crippen molar-refractivity contribution in [3.63, 3.8) is 0 Å². The lowest BCUT2D eigenvalue weighted by Gasteiger charge is -2.30. The molecule has 0 aliphatic rings. The minimum atomic E-state index is -1.14. The summed E-state index contributed by atoms with van der Waals surface area (Å²) in [4.78, 5) is 41.9. The van der Waals surface area contributed by atoms with Gasteiger partial charge in [-0.05, 0) is 85.5 Å². The lowest BCUT2D eigenvalue weighted by Crippen LogP contribution is -2.45. The molecule has 2 heterocycles. The maximum atomic E-state index is 13.6. The van der Waals surface area contributed by atoms with Gasteiger partial charge in [0.15, 0.2) is 0 Å². The van der Waals surface area contributed by atoms with Crippen LogP contribution in [0.15, 0.2) is 57.5 Å². The summed E-state index contributed by atoms with van der Waals surface area (Å²) in [7, 11) is 1.24. The number of hydrogen-bond donors (Lipinski definition) is 1. The van der Waals surface area contributed by atoms with Crippen LogP contribution in [0.3, 0.4) is 0 Å². The van der Waals surface area contributed by atoms with E-state index in [0.717, 1.165) is 10.8 Å². The van der Waals surface area contributed by atoms with Gasteiger partial charge in [0.1, 0.15) is 17.2 Å². The third-order valence-corrected chi connectivity index (χ3v) is 8.52. The summed E-state index contributed by atoms with van der Waals surface area (Å²) in [6.45, 7) is 10.1. The molecule has 4 rings (SSSR count). The van der Waals surface area contributed by atoms with Gasteiger partial charge in [0, 0.05) is 32.8 Å². The van der Waals surface area contributed by atoms with E-state index < -0.39 is 42.0 Å². The summed E-state index contributed by atoms with van der Waals surface area (Å²) >= 11 is 7.36. The molecule has 0 radical (unpaired) electrons. The summed E-state index contributed by atoms with van der Waals surface area (Å²) in [5.41, 5.74) is 0.630. The average molecular weight is 735 g/mol. The van der Waals surface area contributed by atoms with E-state index in [1.165, 1.54) is 16.2 Å². The number of para-hydroxylation sites is 2. The van der Waals surface area contributed by atoms with Crippen LogP contribution in [-0.4, -0.2) is 68.3 Å². The Kier molecular flexibility index (Phi) is 9.99. The topological polar surface area (TPSA) is 112 Å². The lowest BCUT2D eigenvalue weighted by molar-refractivity contribution is -0.149. The fourth-order valence-corrected chi connectivity index (χ4v) is 6.23. The Bertz CT molecular complexity index is 1600. The molecular formula is C32H37Br2N3O7. The zero-order valence-electron chi connectivity index (χ0n) is 25.8. The van der Waals surface area contributed by atoms with Gasteiger partial charge in [-0.1, -0.05) is 36.4 Å². The molecule has 0 amide bonds. The number of hydrogen-bond acceptors (Lipinski definition) is 8. The van der Waals surface area contributed by atoms with E-state index in [9.17, 15) is 19.5 Å². The van der Waals surface area contributed by atoms with Gasteiger partial charge in [-0.2, -0.15) is 0 Å². The second-order valence-corrected chi connectivity index (χ2v) is 13.9. The highest BCUT2D eigenvalue weighted by molar-refractivity contribution is 9.11. The second kappa shape index (κ2) is 13.0. The molecule has 236 valence electrons. The molecule has 2 aromatic heterocycles. The van der Waals surface area contributed by atoms with Crippen molar-refractivity contribution in [1.29, 1.82) is 0 Å². The molecule has 10 nitrogen and oxygen atoms in total. The highest BCUT2D eigenvalue weighted by Gasteiger charge is 2.34. The molecular weight excluding hydrogens is 698 g/mol. The molecule has 4 aromatic rings. The lowest BCUT2D eigenvalue weighted by atomic mass is 10.2. The number of methoxy groups -OCH3 is 1. The van der Waals surface area contributed by atoms with Crippen LogP contribution in [0.25, 0.3) is 21.8 Å². The number of nitrogens with zero attached hydrogens (tertiary/aromatic N) is 3. The van der Waals surface area contributed by atoms with Gasteiger partial charge in [-0.3, -0.25) is 9.69 Å². The third kappa shape index (κ3) is 7.03. The van der Waals surface area contributed by atoms with Crippen LogP contribution < -0.4 is 0 Å². The van der Waals surface area contributed by atoms with Crippen LogP contribution in [-0.2, 0) is 32.1 Å². The Hall–Kier alpha value is -3.19. The standard InChI is InChI=1S/C32H37Br2N3O7/c1-31(2,3)43-29(40)36-21-14-10-8-12-19(21)26(33)23(36)16-35(25(18-38)28(39)42-7)17-24-27(34)20-13-9-11-15-22(20)37(24)30(41)44-32(4,5)6/h8-15,25,38H,16-18H2,1-7H3/t25-/m0/s1. The summed E-state index contributed by atoms with van der Waals surface area (Å²) in [5, 5.41) is 12.0. The first kappa shape index (κ1) is 33.7. The van der Waals surface area contributed by atoms with Gasteiger partial charge < -0.3 is 19.3 Å². The van der Waals surface area contributed by atoms with Crippen LogP contribution in [0.2, 0.25) is 0 Å². The van der Waals surface area contributed by atoms with Crippen molar-refractivity contribution in [1.82, 2.24) is 14.0 Å². The van der Waals surface area contributed by atoms with Crippen molar-refractivity contribution in [3.05, 3.63) is 68.9 Å². The van der Waals surface area contributed by atoms with Crippen molar-refractivity contribution in [3.8, 4) is 0 Å². The summed E-state index contributed by atoms with van der Waals surface area (Å²) in [6, 6.07) is 13.6. The van der Waals surface area contributed by atoms with Crippen LogP contribution in [0.1, 0.15) is 52.9 Å². The van der Waals surface area contributed by atoms with Gasteiger partial charge in [0.25, 0.3) is 0 Å². The Morgan fingerprint density at radius 2 is 1.16 bits per heavy atom. The highest BCUT2D eigenvalue weighted by atomic mass is 79.9. The van der Waals surface area contributed by atoms with Gasteiger partial charge >= 0.3 is 18.2 Å². The smallest absolute Gasteiger partial charge is 0.419 e. The quantitative estimate of drug-likeness (QED) is 0.157. The van der Waals surface area contributed by atoms with Crippen LogP contribution in [0.4, 0.5) is 9.59 Å². The van der Waals surface area contributed by atoms with Gasteiger partial charge in [-0.25, -0.2) is 18.7 Å². The maximum absolute atomic E-state index is 13.6. The number of carbonyl (C=O) groups is 3. The predicted octanol–water partition coefficient (Wildman–Crippen LogP) is 7.22. The number of aliphatic hydroxyl groups is 1. The molecule has 1 atom stereocenters. The number of benzene rings is 2. The van der Waals surface area contributed by atoms with Crippen molar-refractivity contribution < 1.29 is 33.7 Å². The van der Waals surface area contributed by atoms with E-state index in [0.29, 0.717) is 31.4 Å². The van der Waals surface area contributed by atoms with E-state index in [-0.39, 0.29) is 13.1 Å². The van der Waals surface area contributed by atoms with E-state index >= 15 is 0 Å². The number of halogens is 2. The molecule has 0 bridgehead atoms. The van der Waals surface area contributed by atoms with Crippen molar-refractivity contribution in [2.75, 3.05) is 13.7 Å². The molecule has 0 spiro atoms. The normalized spacial score (nSPS) is 13.0. The number of esters is 1. The molecule has 0 saturated heterocycles. The molecule has 1 N–H and O–H groups in total. The molecule has 44 heavy (non-hydrogen) atoms. The fourth-order valence-electron chi connectivity index (χ4n) is 4.96. The van der Waals surface area contributed by atoms with Gasteiger partial charge in [0.05, 0.1) is 36.1 Å². The Balaban J connectivity index is 1.92. The SMILES string of the molecule is COC(=O)[C@H](CO)N(Cc1c(Br)c2ccccc2n1C(=O)OC(C)(C)C)Cc1c(Br)c2ccccc2n1C(=O)OC(C)(C)C. The number of fused-ring (bicyclic) bond motifs is 2. The number of aromatic nitrogens is 2. The predicted molar refractivity (Wildman–Crippen MR) is 175 cm³/mol. The minimum absolute atomic E-state index is 0.0167. The van der Waals surface area contributed by atoms with Gasteiger partial charge in [0.2, 0.25) is 0 Å².